The van der Waals surface area contributed by atoms with E-state index in [1.54, 1.807) is 7.11 Å². The zero-order valence-corrected chi connectivity index (χ0v) is 14.4. The van der Waals surface area contributed by atoms with E-state index in [9.17, 15) is 4.79 Å². The van der Waals surface area contributed by atoms with Crippen LogP contribution in [0.1, 0.15) is 38.7 Å². The van der Waals surface area contributed by atoms with Crippen molar-refractivity contribution in [2.45, 2.75) is 45.3 Å². The second kappa shape index (κ2) is 7.68. The number of hydrogen-bond donors (Lipinski definition) is 1. The van der Waals surface area contributed by atoms with Crippen LogP contribution in [0.4, 0.5) is 4.79 Å². The maximum absolute atomic E-state index is 10.9. The third-order valence-electron chi connectivity index (χ3n) is 4.43. The third kappa shape index (κ3) is 5.75. The van der Waals surface area contributed by atoms with Crippen molar-refractivity contribution >= 4 is 6.09 Å². The lowest BCUT2D eigenvalue weighted by molar-refractivity contribution is 0.0166. The van der Waals surface area contributed by atoms with Gasteiger partial charge in [0.2, 0.25) is 0 Å². The molecule has 1 aromatic carbocycles. The molecule has 1 aromatic rings. The molecule has 1 fully saturated rings. The molecule has 1 heterocycles. The second-order valence-electron chi connectivity index (χ2n) is 6.95. The molecule has 0 unspecified atom stereocenters. The number of amides is 1. The SMILES string of the molecule is COc1ccc(CN2CCC(CC(C)(C)OC(N)=O)CC2)cc1. The van der Waals surface area contributed by atoms with Crippen molar-refractivity contribution in [2.75, 3.05) is 20.2 Å². The van der Waals surface area contributed by atoms with E-state index in [1.165, 1.54) is 5.56 Å². The summed E-state index contributed by atoms with van der Waals surface area (Å²) in [4.78, 5) is 13.4. The van der Waals surface area contributed by atoms with E-state index < -0.39 is 11.7 Å². The molecule has 0 aliphatic carbocycles. The van der Waals surface area contributed by atoms with Crippen LogP contribution in [0.3, 0.4) is 0 Å². The van der Waals surface area contributed by atoms with E-state index >= 15 is 0 Å². The quantitative estimate of drug-likeness (QED) is 0.874. The van der Waals surface area contributed by atoms with E-state index in [0.29, 0.717) is 5.92 Å². The highest BCUT2D eigenvalue weighted by Crippen LogP contribution is 2.29. The van der Waals surface area contributed by atoms with Crippen LogP contribution in [0.25, 0.3) is 0 Å². The van der Waals surface area contributed by atoms with Gasteiger partial charge in [-0.15, -0.1) is 0 Å². The van der Waals surface area contributed by atoms with Crippen molar-refractivity contribution < 1.29 is 14.3 Å². The molecule has 128 valence electrons. The fraction of sp³-hybridized carbons (Fsp3) is 0.611. The first kappa shape index (κ1) is 17.6. The van der Waals surface area contributed by atoms with Gasteiger partial charge in [0.15, 0.2) is 0 Å². The summed E-state index contributed by atoms with van der Waals surface area (Å²) >= 11 is 0. The minimum atomic E-state index is -0.688. The number of rotatable bonds is 6. The fourth-order valence-corrected chi connectivity index (χ4v) is 3.35. The molecule has 1 saturated heterocycles. The molecular formula is C18H28N2O3. The molecule has 0 bridgehead atoms. The maximum Gasteiger partial charge on any atom is 0.405 e. The third-order valence-corrected chi connectivity index (χ3v) is 4.43. The number of hydrogen-bond acceptors (Lipinski definition) is 4. The highest BCUT2D eigenvalue weighted by atomic mass is 16.6. The summed E-state index contributed by atoms with van der Waals surface area (Å²) in [6, 6.07) is 8.25. The van der Waals surface area contributed by atoms with E-state index in [1.807, 2.05) is 26.0 Å². The Kier molecular flexibility index (Phi) is 5.88. The van der Waals surface area contributed by atoms with Crippen molar-refractivity contribution in [1.82, 2.24) is 4.90 Å². The van der Waals surface area contributed by atoms with Gasteiger partial charge in [-0.1, -0.05) is 12.1 Å². The molecule has 0 atom stereocenters. The number of primary amides is 1. The van der Waals surface area contributed by atoms with Crippen molar-refractivity contribution in [3.05, 3.63) is 29.8 Å². The van der Waals surface area contributed by atoms with E-state index in [-0.39, 0.29) is 0 Å². The molecule has 5 heteroatoms. The van der Waals surface area contributed by atoms with Crippen LogP contribution in [-0.2, 0) is 11.3 Å². The molecule has 0 saturated carbocycles. The predicted molar refractivity (Wildman–Crippen MR) is 90.4 cm³/mol. The first-order valence-electron chi connectivity index (χ1n) is 8.22. The first-order valence-corrected chi connectivity index (χ1v) is 8.22. The Labute approximate surface area is 138 Å². The van der Waals surface area contributed by atoms with Crippen LogP contribution < -0.4 is 10.5 Å². The number of carbonyl (C=O) groups is 1. The van der Waals surface area contributed by atoms with Gasteiger partial charge in [0, 0.05) is 6.54 Å². The summed E-state index contributed by atoms with van der Waals surface area (Å²) in [6.07, 6.45) is 2.43. The van der Waals surface area contributed by atoms with E-state index in [0.717, 1.165) is 44.6 Å². The van der Waals surface area contributed by atoms with Crippen LogP contribution >= 0.6 is 0 Å². The van der Waals surface area contributed by atoms with Crippen molar-refractivity contribution in [3.63, 3.8) is 0 Å². The Morgan fingerprint density at radius 2 is 1.87 bits per heavy atom. The van der Waals surface area contributed by atoms with E-state index in [4.69, 9.17) is 15.2 Å². The molecule has 0 spiro atoms. The van der Waals surface area contributed by atoms with Gasteiger partial charge in [0.25, 0.3) is 0 Å². The molecule has 1 amide bonds. The second-order valence-corrected chi connectivity index (χ2v) is 6.95. The summed E-state index contributed by atoms with van der Waals surface area (Å²) in [7, 11) is 1.68. The van der Waals surface area contributed by atoms with Crippen LogP contribution in [0.2, 0.25) is 0 Å². The number of ether oxygens (including phenoxy) is 2. The van der Waals surface area contributed by atoms with Gasteiger partial charge in [-0.3, -0.25) is 4.90 Å². The van der Waals surface area contributed by atoms with E-state index in [2.05, 4.69) is 17.0 Å². The molecule has 1 aliphatic heterocycles. The molecule has 23 heavy (non-hydrogen) atoms. The van der Waals surface area contributed by atoms with Crippen molar-refractivity contribution in [2.24, 2.45) is 11.7 Å². The van der Waals surface area contributed by atoms with Gasteiger partial charge in [0.05, 0.1) is 7.11 Å². The molecule has 0 aromatic heterocycles. The lowest BCUT2D eigenvalue weighted by Crippen LogP contribution is -2.38. The number of nitrogens with zero attached hydrogens (tertiary/aromatic N) is 1. The topological polar surface area (TPSA) is 64.8 Å². The molecular weight excluding hydrogens is 292 g/mol. The molecule has 2 N–H and O–H groups in total. The Hall–Kier alpha value is -1.75. The van der Waals surface area contributed by atoms with Crippen LogP contribution in [0, 0.1) is 5.92 Å². The Balaban J connectivity index is 1.78. The summed E-state index contributed by atoms with van der Waals surface area (Å²) in [5, 5.41) is 0. The van der Waals surface area contributed by atoms with Gasteiger partial charge in [-0.2, -0.15) is 0 Å². The van der Waals surface area contributed by atoms with Crippen LogP contribution in [0.15, 0.2) is 24.3 Å². The summed E-state index contributed by atoms with van der Waals surface area (Å²) in [6.45, 7) is 6.98. The van der Waals surface area contributed by atoms with Crippen molar-refractivity contribution in [3.8, 4) is 5.75 Å². The number of nitrogens with two attached hydrogens (primary N) is 1. The normalized spacial score (nSPS) is 17.0. The fourth-order valence-electron chi connectivity index (χ4n) is 3.35. The lowest BCUT2D eigenvalue weighted by Gasteiger charge is -2.35. The molecule has 0 radical (unpaired) electrons. The van der Waals surface area contributed by atoms with Gasteiger partial charge in [0.1, 0.15) is 11.4 Å². The number of piperidine rings is 1. The van der Waals surface area contributed by atoms with Gasteiger partial charge in [-0.25, -0.2) is 4.79 Å². The molecule has 1 aliphatic rings. The predicted octanol–water partition coefficient (Wildman–Crippen LogP) is 3.17. The number of likely N-dealkylation sites (tertiary alicyclic amines) is 1. The Morgan fingerprint density at radius 1 is 1.26 bits per heavy atom. The van der Waals surface area contributed by atoms with Crippen molar-refractivity contribution in [1.29, 1.82) is 0 Å². The minimum absolute atomic E-state index is 0.478. The largest absolute Gasteiger partial charge is 0.497 e. The standard InChI is InChI=1S/C18H28N2O3/c1-18(2,23-17(19)21)12-14-8-10-20(11-9-14)13-15-4-6-16(22-3)7-5-15/h4-7,14H,8-13H2,1-3H3,(H2,19,21). The zero-order valence-electron chi connectivity index (χ0n) is 14.4. The smallest absolute Gasteiger partial charge is 0.405 e. The average Bonchev–Trinajstić information content (AvgIpc) is 2.48. The van der Waals surface area contributed by atoms with Gasteiger partial charge < -0.3 is 15.2 Å². The summed E-state index contributed by atoms with van der Waals surface area (Å²) < 4.78 is 10.4. The highest BCUT2D eigenvalue weighted by Gasteiger charge is 2.29. The summed E-state index contributed by atoms with van der Waals surface area (Å²) in [5.74, 6) is 1.47. The Morgan fingerprint density at radius 3 is 2.39 bits per heavy atom. The number of carbonyl (C=O) groups excluding carboxylic acids is 1. The van der Waals surface area contributed by atoms with Gasteiger partial charge >= 0.3 is 6.09 Å². The van der Waals surface area contributed by atoms with Crippen LogP contribution in [-0.4, -0.2) is 36.8 Å². The first-order chi connectivity index (χ1) is 10.9. The number of methoxy groups -OCH3 is 1. The molecule has 5 nitrogen and oxygen atoms in total. The lowest BCUT2D eigenvalue weighted by atomic mass is 9.86. The average molecular weight is 320 g/mol. The minimum Gasteiger partial charge on any atom is -0.497 e. The molecule has 2 rings (SSSR count). The zero-order chi connectivity index (χ0) is 16.9. The Bertz CT molecular complexity index is 506. The van der Waals surface area contributed by atoms with Gasteiger partial charge in [-0.05, 0) is 69.8 Å². The summed E-state index contributed by atoms with van der Waals surface area (Å²) in [5.41, 5.74) is 5.96. The highest BCUT2D eigenvalue weighted by molar-refractivity contribution is 5.65. The monoisotopic (exact) mass is 320 g/mol. The maximum atomic E-state index is 10.9. The van der Waals surface area contributed by atoms with Crippen LogP contribution in [0.5, 0.6) is 5.75 Å². The number of benzene rings is 1.